The van der Waals surface area contributed by atoms with Gasteiger partial charge in [0.25, 0.3) is 0 Å². The highest BCUT2D eigenvalue weighted by atomic mass is 16.3. The number of fused-ring (bicyclic) bond motifs is 3. The van der Waals surface area contributed by atoms with Crippen LogP contribution in [0.3, 0.4) is 0 Å². The molecule has 1 N–H and O–H groups in total. The molecule has 3 saturated carbocycles. The van der Waals surface area contributed by atoms with Crippen LogP contribution >= 0.6 is 0 Å². The van der Waals surface area contributed by atoms with Gasteiger partial charge in [0, 0.05) is 0 Å². The Morgan fingerprint density at radius 2 is 2.12 bits per heavy atom. The molecule has 3 fully saturated rings. The van der Waals surface area contributed by atoms with E-state index < -0.39 is 5.60 Å². The predicted octanol–water partition coefficient (Wildman–Crippen LogP) is 3.24. The van der Waals surface area contributed by atoms with Crippen molar-refractivity contribution in [2.24, 2.45) is 35.5 Å². The lowest BCUT2D eigenvalue weighted by Crippen LogP contribution is -2.36. The van der Waals surface area contributed by atoms with Crippen LogP contribution in [0.4, 0.5) is 0 Å². The minimum atomic E-state index is -0.416. The third-order valence-electron chi connectivity index (χ3n) is 5.61. The van der Waals surface area contributed by atoms with Gasteiger partial charge in [-0.15, -0.1) is 0 Å². The minimum Gasteiger partial charge on any atom is -0.390 e. The summed E-state index contributed by atoms with van der Waals surface area (Å²) in [5.41, 5.74) is 1.02. The predicted molar refractivity (Wildman–Crippen MR) is 65.9 cm³/mol. The number of allylic oxidation sites excluding steroid dienone is 1. The van der Waals surface area contributed by atoms with Crippen molar-refractivity contribution in [2.45, 2.75) is 45.6 Å². The molecule has 0 radical (unpaired) electrons. The van der Waals surface area contributed by atoms with Crippen LogP contribution < -0.4 is 0 Å². The Morgan fingerprint density at radius 3 is 2.75 bits per heavy atom. The second-order valence-corrected chi connectivity index (χ2v) is 6.95. The van der Waals surface area contributed by atoms with Crippen LogP contribution in [0.15, 0.2) is 12.2 Å². The lowest BCUT2D eigenvalue weighted by molar-refractivity contribution is -0.00431. The third-order valence-corrected chi connectivity index (χ3v) is 5.61. The van der Waals surface area contributed by atoms with E-state index in [2.05, 4.69) is 27.4 Å². The van der Waals surface area contributed by atoms with Crippen LogP contribution in [-0.2, 0) is 0 Å². The van der Waals surface area contributed by atoms with E-state index in [1.807, 2.05) is 0 Å². The fourth-order valence-electron chi connectivity index (χ4n) is 4.97. The maximum Gasteiger partial charge on any atom is 0.0656 e. The van der Waals surface area contributed by atoms with Crippen LogP contribution in [-0.4, -0.2) is 10.7 Å². The average Bonchev–Trinajstić information content (AvgIpc) is 2.77. The molecule has 0 saturated heterocycles. The number of rotatable bonds is 1. The van der Waals surface area contributed by atoms with Gasteiger partial charge >= 0.3 is 0 Å². The number of hydrogen-bond acceptors (Lipinski definition) is 1. The van der Waals surface area contributed by atoms with Crippen molar-refractivity contribution in [3.05, 3.63) is 12.2 Å². The van der Waals surface area contributed by atoms with Gasteiger partial charge in [-0.2, -0.15) is 0 Å². The highest BCUT2D eigenvalue weighted by molar-refractivity contribution is 5.24. The normalized spacial score (nSPS) is 55.1. The molecule has 16 heavy (non-hydrogen) atoms. The lowest BCUT2D eigenvalue weighted by atomic mass is 9.74. The highest BCUT2D eigenvalue weighted by Crippen LogP contribution is 2.68. The van der Waals surface area contributed by atoms with E-state index in [1.54, 1.807) is 0 Å². The minimum absolute atomic E-state index is 0.416. The Hall–Kier alpha value is -0.300. The maximum atomic E-state index is 10.6. The molecule has 3 aliphatic rings. The van der Waals surface area contributed by atoms with Gasteiger partial charge in [-0.3, -0.25) is 0 Å². The summed E-state index contributed by atoms with van der Waals surface area (Å²) < 4.78 is 0. The van der Waals surface area contributed by atoms with Gasteiger partial charge in [-0.1, -0.05) is 26.0 Å². The second-order valence-electron chi connectivity index (χ2n) is 6.95. The molecule has 0 unspecified atom stereocenters. The molecule has 0 aromatic carbocycles. The summed E-state index contributed by atoms with van der Waals surface area (Å²) in [6, 6.07) is 0. The zero-order valence-electron chi connectivity index (χ0n) is 10.7. The monoisotopic (exact) mass is 220 g/mol. The third kappa shape index (κ3) is 1.27. The first-order valence-electron chi connectivity index (χ1n) is 6.83. The van der Waals surface area contributed by atoms with Crippen molar-refractivity contribution in [3.63, 3.8) is 0 Å². The summed E-state index contributed by atoms with van der Waals surface area (Å²) in [4.78, 5) is 0. The van der Waals surface area contributed by atoms with E-state index in [0.717, 1.165) is 30.1 Å². The first-order chi connectivity index (χ1) is 7.43. The molecular weight excluding hydrogens is 196 g/mol. The molecule has 90 valence electrons. The summed E-state index contributed by atoms with van der Waals surface area (Å²) >= 11 is 0. The quantitative estimate of drug-likeness (QED) is 0.673. The molecule has 3 rings (SSSR count). The Kier molecular flexibility index (Phi) is 2.12. The average molecular weight is 220 g/mol. The lowest BCUT2D eigenvalue weighted by Gasteiger charge is -2.34. The molecule has 0 bridgehead atoms. The molecule has 0 aromatic heterocycles. The van der Waals surface area contributed by atoms with Crippen molar-refractivity contribution in [1.82, 2.24) is 0 Å². The number of aliphatic hydroxyl groups is 1. The summed E-state index contributed by atoms with van der Waals surface area (Å²) in [6.45, 7) is 11.0. The maximum absolute atomic E-state index is 10.6. The molecule has 6 atom stereocenters. The van der Waals surface area contributed by atoms with E-state index in [0.29, 0.717) is 11.8 Å². The van der Waals surface area contributed by atoms with Crippen molar-refractivity contribution in [2.75, 3.05) is 0 Å². The van der Waals surface area contributed by atoms with Crippen molar-refractivity contribution >= 4 is 0 Å². The molecule has 0 aromatic rings. The fraction of sp³-hybridized carbons (Fsp3) is 0.867. The first kappa shape index (κ1) is 10.8. The highest BCUT2D eigenvalue weighted by Gasteiger charge is 2.65. The summed E-state index contributed by atoms with van der Waals surface area (Å²) in [6.07, 6.45) is 3.39. The van der Waals surface area contributed by atoms with Gasteiger partial charge in [-0.05, 0) is 61.7 Å². The van der Waals surface area contributed by atoms with E-state index in [-0.39, 0.29) is 0 Å². The van der Waals surface area contributed by atoms with Gasteiger partial charge < -0.3 is 5.11 Å². The van der Waals surface area contributed by atoms with Gasteiger partial charge in [0.15, 0.2) is 0 Å². The Morgan fingerprint density at radius 1 is 1.44 bits per heavy atom. The molecule has 0 amide bonds. The summed E-state index contributed by atoms with van der Waals surface area (Å²) in [5.74, 6) is 4.42. The Balaban J connectivity index is 1.91. The van der Waals surface area contributed by atoms with Gasteiger partial charge in [0.1, 0.15) is 0 Å². The van der Waals surface area contributed by atoms with Gasteiger partial charge in [0.2, 0.25) is 0 Å². The van der Waals surface area contributed by atoms with Crippen LogP contribution in [0.5, 0.6) is 0 Å². The summed E-state index contributed by atoms with van der Waals surface area (Å²) in [7, 11) is 0. The van der Waals surface area contributed by atoms with Crippen LogP contribution in [0, 0.1) is 35.5 Å². The van der Waals surface area contributed by atoms with Crippen LogP contribution in [0.1, 0.15) is 40.0 Å². The van der Waals surface area contributed by atoms with Crippen molar-refractivity contribution in [1.29, 1.82) is 0 Å². The smallest absolute Gasteiger partial charge is 0.0656 e. The Bertz CT molecular complexity index is 328. The fourth-order valence-corrected chi connectivity index (χ4v) is 4.97. The molecule has 1 heteroatoms. The van der Waals surface area contributed by atoms with Crippen molar-refractivity contribution < 1.29 is 5.11 Å². The number of hydrogen-bond donors (Lipinski definition) is 1. The first-order valence-corrected chi connectivity index (χ1v) is 6.83. The van der Waals surface area contributed by atoms with Crippen LogP contribution in [0.2, 0.25) is 0 Å². The summed E-state index contributed by atoms with van der Waals surface area (Å²) in [5, 5.41) is 10.6. The largest absolute Gasteiger partial charge is 0.390 e. The standard InChI is InChI=1S/C15H24O/c1-8(2)12-11-7-9(3)10-5-6-15(4,16)14(10)13(11)12/h8,10-14,16H,3,5-7H2,1-2,4H3/t10-,11+,12+,13+,14-,15-/m0/s1. The molecule has 3 aliphatic carbocycles. The molecule has 0 spiro atoms. The molecular formula is C15H24O. The molecule has 1 nitrogen and oxygen atoms in total. The topological polar surface area (TPSA) is 20.2 Å². The van der Waals surface area contributed by atoms with Gasteiger partial charge in [0.05, 0.1) is 5.60 Å². The van der Waals surface area contributed by atoms with E-state index in [9.17, 15) is 5.11 Å². The van der Waals surface area contributed by atoms with E-state index in [1.165, 1.54) is 18.4 Å². The van der Waals surface area contributed by atoms with E-state index in [4.69, 9.17) is 0 Å². The Labute approximate surface area is 98.9 Å². The van der Waals surface area contributed by atoms with Crippen molar-refractivity contribution in [3.8, 4) is 0 Å². The SMILES string of the molecule is C=C1C[C@@H]2[C@@H](C(C)C)[C@@H]2[C@@H]2[C@H]1CC[C@]2(C)O. The van der Waals surface area contributed by atoms with E-state index >= 15 is 0 Å². The molecule has 0 aliphatic heterocycles. The zero-order valence-corrected chi connectivity index (χ0v) is 10.7. The molecule has 0 heterocycles. The zero-order chi connectivity index (χ0) is 11.7. The van der Waals surface area contributed by atoms with Gasteiger partial charge in [-0.25, -0.2) is 0 Å². The van der Waals surface area contributed by atoms with Crippen LogP contribution in [0.25, 0.3) is 0 Å². The second kappa shape index (κ2) is 3.13.